The van der Waals surface area contributed by atoms with Crippen LogP contribution in [0.3, 0.4) is 0 Å². The summed E-state index contributed by atoms with van der Waals surface area (Å²) in [7, 11) is 0. The molecule has 1 aliphatic rings. The summed E-state index contributed by atoms with van der Waals surface area (Å²) in [4.78, 5) is 6.44. The molecule has 0 aliphatic carbocycles. The Morgan fingerprint density at radius 1 is 1.19 bits per heavy atom. The maximum atomic E-state index is 9.30. The predicted molar refractivity (Wildman–Crippen MR) is 83.9 cm³/mol. The number of fused-ring (bicyclic) bond motifs is 1. The fourth-order valence-corrected chi connectivity index (χ4v) is 3.33. The third kappa shape index (κ3) is 2.11. The van der Waals surface area contributed by atoms with Crippen LogP contribution in [0.1, 0.15) is 33.4 Å². The van der Waals surface area contributed by atoms with Crippen LogP contribution in [0.5, 0.6) is 0 Å². The van der Waals surface area contributed by atoms with Gasteiger partial charge in [-0.2, -0.15) is 5.26 Å². The second-order valence-corrected chi connectivity index (χ2v) is 5.74. The molecule has 4 nitrogen and oxygen atoms in total. The first-order valence-corrected chi connectivity index (χ1v) is 7.00. The highest BCUT2D eigenvalue weighted by Crippen LogP contribution is 2.35. The predicted octanol–water partition coefficient (Wildman–Crippen LogP) is 2.98. The Morgan fingerprint density at radius 2 is 1.86 bits per heavy atom. The van der Waals surface area contributed by atoms with Crippen LogP contribution < -0.4 is 10.6 Å². The van der Waals surface area contributed by atoms with Gasteiger partial charge < -0.3 is 10.6 Å². The van der Waals surface area contributed by atoms with Gasteiger partial charge in [0.05, 0.1) is 5.56 Å². The summed E-state index contributed by atoms with van der Waals surface area (Å²) in [6.07, 6.45) is 1.80. The maximum Gasteiger partial charge on any atom is 0.141 e. The van der Waals surface area contributed by atoms with E-state index < -0.39 is 0 Å². The number of hydrogen-bond acceptors (Lipinski definition) is 4. The molecule has 1 aromatic heterocycles. The summed E-state index contributed by atoms with van der Waals surface area (Å²) in [5.74, 6) is 0.329. The van der Waals surface area contributed by atoms with Crippen LogP contribution in [0.15, 0.2) is 18.3 Å². The molecule has 0 unspecified atom stereocenters. The Bertz CT molecular complexity index is 748. The molecule has 106 valence electrons. The van der Waals surface area contributed by atoms with E-state index in [4.69, 9.17) is 5.73 Å². The van der Waals surface area contributed by atoms with E-state index in [1.165, 1.54) is 22.4 Å². The number of hydrogen-bond donors (Lipinski definition) is 1. The fraction of sp³-hybridized carbons (Fsp3) is 0.294. The average molecular weight is 278 g/mol. The summed E-state index contributed by atoms with van der Waals surface area (Å²) < 4.78 is 0. The minimum atomic E-state index is 0.329. The van der Waals surface area contributed by atoms with Crippen molar-refractivity contribution in [2.24, 2.45) is 0 Å². The van der Waals surface area contributed by atoms with Gasteiger partial charge in [0, 0.05) is 25.0 Å². The number of rotatable bonds is 1. The van der Waals surface area contributed by atoms with Gasteiger partial charge in [0.2, 0.25) is 0 Å². The lowest BCUT2D eigenvalue weighted by molar-refractivity contribution is 0.868. The lowest BCUT2D eigenvalue weighted by Crippen LogP contribution is -2.17. The normalized spacial score (nSPS) is 13.1. The molecular weight excluding hydrogens is 260 g/mol. The fourth-order valence-electron chi connectivity index (χ4n) is 3.33. The third-order valence-electron chi connectivity index (χ3n) is 4.08. The lowest BCUT2D eigenvalue weighted by Gasteiger charge is -2.23. The number of nitrogens with zero attached hydrogens (tertiary/aromatic N) is 3. The molecule has 4 heteroatoms. The van der Waals surface area contributed by atoms with Gasteiger partial charge in [-0.05, 0) is 43.0 Å². The lowest BCUT2D eigenvalue weighted by atomic mass is 10.0. The number of nitrogen functional groups attached to an aromatic ring is 1. The summed E-state index contributed by atoms with van der Waals surface area (Å²) in [5, 5.41) is 9.30. The topological polar surface area (TPSA) is 65.9 Å². The van der Waals surface area contributed by atoms with E-state index in [1.54, 1.807) is 6.20 Å². The van der Waals surface area contributed by atoms with Crippen molar-refractivity contribution in [3.05, 3.63) is 51.7 Å². The van der Waals surface area contributed by atoms with Crippen LogP contribution in [0, 0.1) is 32.1 Å². The van der Waals surface area contributed by atoms with Crippen molar-refractivity contribution in [3.8, 4) is 6.07 Å². The van der Waals surface area contributed by atoms with Crippen LogP contribution in [-0.2, 0) is 13.1 Å². The first kappa shape index (κ1) is 13.4. The number of nitriles is 1. The molecule has 0 saturated carbocycles. The highest BCUT2D eigenvalue weighted by molar-refractivity contribution is 5.65. The van der Waals surface area contributed by atoms with Gasteiger partial charge in [0.1, 0.15) is 11.9 Å². The number of aromatic nitrogens is 1. The standard InChI is InChI=1S/C17H18N4/c1-10-4-11(2)16(12(3)5-10)21-8-13-7-20-17(19)14(6-18)15(13)9-21/h4-5,7H,8-9H2,1-3H3,(H2,19,20). The van der Waals surface area contributed by atoms with Gasteiger partial charge in [-0.25, -0.2) is 4.98 Å². The molecule has 2 aromatic rings. The third-order valence-corrected chi connectivity index (χ3v) is 4.08. The van der Waals surface area contributed by atoms with E-state index in [9.17, 15) is 5.26 Å². The summed E-state index contributed by atoms with van der Waals surface area (Å²) in [6, 6.07) is 6.59. The largest absolute Gasteiger partial charge is 0.383 e. The molecular formula is C17H18N4. The van der Waals surface area contributed by atoms with Gasteiger partial charge in [0.15, 0.2) is 0 Å². The highest BCUT2D eigenvalue weighted by atomic mass is 15.2. The molecule has 1 aliphatic heterocycles. The zero-order valence-corrected chi connectivity index (χ0v) is 12.6. The molecule has 0 radical (unpaired) electrons. The van der Waals surface area contributed by atoms with Crippen molar-refractivity contribution in [1.29, 1.82) is 5.26 Å². The maximum absolute atomic E-state index is 9.30. The Kier molecular flexibility index (Phi) is 3.06. The monoisotopic (exact) mass is 278 g/mol. The number of nitrogens with two attached hydrogens (primary N) is 1. The van der Waals surface area contributed by atoms with E-state index in [2.05, 4.69) is 48.9 Å². The van der Waals surface area contributed by atoms with Crippen LogP contribution in [-0.4, -0.2) is 4.98 Å². The number of pyridine rings is 1. The number of benzene rings is 1. The number of aryl methyl sites for hydroxylation is 3. The Labute approximate surface area is 124 Å². The summed E-state index contributed by atoms with van der Waals surface area (Å²) in [6.45, 7) is 7.88. The first-order chi connectivity index (χ1) is 10.0. The van der Waals surface area contributed by atoms with E-state index >= 15 is 0 Å². The Morgan fingerprint density at radius 3 is 2.48 bits per heavy atom. The van der Waals surface area contributed by atoms with Gasteiger partial charge in [-0.1, -0.05) is 17.7 Å². The molecule has 0 fully saturated rings. The SMILES string of the molecule is Cc1cc(C)c(N2Cc3cnc(N)c(C#N)c3C2)c(C)c1. The van der Waals surface area contributed by atoms with E-state index in [1.807, 2.05) is 0 Å². The van der Waals surface area contributed by atoms with Crippen LogP contribution >= 0.6 is 0 Å². The van der Waals surface area contributed by atoms with Crippen LogP contribution in [0.2, 0.25) is 0 Å². The highest BCUT2D eigenvalue weighted by Gasteiger charge is 2.25. The number of anilines is 2. The first-order valence-electron chi connectivity index (χ1n) is 7.00. The average Bonchev–Trinajstić information content (AvgIpc) is 2.81. The zero-order chi connectivity index (χ0) is 15.1. The van der Waals surface area contributed by atoms with Crippen molar-refractivity contribution < 1.29 is 0 Å². The van der Waals surface area contributed by atoms with Crippen molar-refractivity contribution >= 4 is 11.5 Å². The van der Waals surface area contributed by atoms with Crippen molar-refractivity contribution in [1.82, 2.24) is 4.98 Å². The van der Waals surface area contributed by atoms with Crippen LogP contribution in [0.25, 0.3) is 0 Å². The second-order valence-electron chi connectivity index (χ2n) is 5.74. The van der Waals surface area contributed by atoms with Crippen molar-refractivity contribution in [3.63, 3.8) is 0 Å². The Hall–Kier alpha value is -2.54. The van der Waals surface area contributed by atoms with E-state index in [-0.39, 0.29) is 0 Å². The summed E-state index contributed by atoms with van der Waals surface area (Å²) in [5.41, 5.74) is 13.5. The molecule has 0 atom stereocenters. The molecule has 2 heterocycles. The zero-order valence-electron chi connectivity index (χ0n) is 12.6. The van der Waals surface area contributed by atoms with Gasteiger partial charge in [-0.15, -0.1) is 0 Å². The van der Waals surface area contributed by atoms with E-state index in [0.29, 0.717) is 11.4 Å². The molecule has 21 heavy (non-hydrogen) atoms. The van der Waals surface area contributed by atoms with Crippen LogP contribution in [0.4, 0.5) is 11.5 Å². The molecule has 0 spiro atoms. The van der Waals surface area contributed by atoms with Gasteiger partial charge in [0.25, 0.3) is 0 Å². The summed E-state index contributed by atoms with van der Waals surface area (Å²) >= 11 is 0. The quantitative estimate of drug-likeness (QED) is 0.871. The van der Waals surface area contributed by atoms with E-state index in [0.717, 1.165) is 24.2 Å². The van der Waals surface area contributed by atoms with Gasteiger partial charge >= 0.3 is 0 Å². The molecule has 0 amide bonds. The van der Waals surface area contributed by atoms with Crippen molar-refractivity contribution in [2.75, 3.05) is 10.6 Å². The molecule has 3 rings (SSSR count). The smallest absolute Gasteiger partial charge is 0.141 e. The molecule has 0 bridgehead atoms. The minimum Gasteiger partial charge on any atom is -0.383 e. The second kappa shape index (κ2) is 4.78. The van der Waals surface area contributed by atoms with Gasteiger partial charge in [-0.3, -0.25) is 0 Å². The minimum absolute atomic E-state index is 0.329. The molecule has 2 N–H and O–H groups in total. The van der Waals surface area contributed by atoms with Crippen molar-refractivity contribution in [2.45, 2.75) is 33.9 Å². The Balaban J connectivity index is 2.05. The molecule has 0 saturated heterocycles. The molecule has 1 aromatic carbocycles.